The van der Waals surface area contributed by atoms with Crippen LogP contribution in [-0.2, 0) is 0 Å². The summed E-state index contributed by atoms with van der Waals surface area (Å²) in [5.74, 6) is 1.79. The van der Waals surface area contributed by atoms with Crippen LogP contribution < -0.4 is 19.6 Å². The standard InChI is InChI=1S/C22H24N2O5/c1-4-26-17-9-10-19-16(11-17)12-21(29-19)22(25)24-23-14-15-7-8-18(27-5-2)13-20(15)28-6-3/h7-14H,4-6H2,1-3H3,(H,24,25)/b23-14+. The molecule has 3 rings (SSSR count). The Morgan fingerprint density at radius 1 is 0.966 bits per heavy atom. The first-order valence-electron chi connectivity index (χ1n) is 9.54. The van der Waals surface area contributed by atoms with Gasteiger partial charge in [-0.1, -0.05) is 0 Å². The van der Waals surface area contributed by atoms with Crippen LogP contribution in [0.5, 0.6) is 17.2 Å². The van der Waals surface area contributed by atoms with Crippen molar-refractivity contribution in [3.63, 3.8) is 0 Å². The molecule has 1 amide bonds. The summed E-state index contributed by atoms with van der Waals surface area (Å²) in [7, 11) is 0. The van der Waals surface area contributed by atoms with E-state index in [0.29, 0.717) is 36.9 Å². The molecule has 0 radical (unpaired) electrons. The van der Waals surface area contributed by atoms with Crippen LogP contribution in [0.15, 0.2) is 52.0 Å². The third-order valence-corrected chi connectivity index (χ3v) is 3.99. The quantitative estimate of drug-likeness (QED) is 0.428. The van der Waals surface area contributed by atoms with Gasteiger partial charge in [0, 0.05) is 17.0 Å². The molecule has 0 bridgehead atoms. The topological polar surface area (TPSA) is 82.3 Å². The van der Waals surface area contributed by atoms with E-state index in [9.17, 15) is 4.79 Å². The fraction of sp³-hybridized carbons (Fsp3) is 0.273. The Morgan fingerprint density at radius 2 is 1.66 bits per heavy atom. The van der Waals surface area contributed by atoms with Gasteiger partial charge >= 0.3 is 5.91 Å². The normalized spacial score (nSPS) is 11.0. The fourth-order valence-corrected chi connectivity index (χ4v) is 2.76. The number of benzene rings is 2. The van der Waals surface area contributed by atoms with E-state index < -0.39 is 5.91 Å². The molecule has 0 unspecified atom stereocenters. The van der Waals surface area contributed by atoms with Crippen LogP contribution in [0.3, 0.4) is 0 Å². The number of furan rings is 1. The van der Waals surface area contributed by atoms with Crippen molar-refractivity contribution in [2.75, 3.05) is 19.8 Å². The maximum atomic E-state index is 12.4. The smallest absolute Gasteiger partial charge is 0.307 e. The highest BCUT2D eigenvalue weighted by Gasteiger charge is 2.12. The molecular weight excluding hydrogens is 372 g/mol. The third kappa shape index (κ3) is 5.07. The fourth-order valence-electron chi connectivity index (χ4n) is 2.76. The molecule has 0 aliphatic carbocycles. The first-order chi connectivity index (χ1) is 14.1. The zero-order chi connectivity index (χ0) is 20.6. The predicted octanol–water partition coefficient (Wildman–Crippen LogP) is 4.39. The zero-order valence-corrected chi connectivity index (χ0v) is 16.7. The van der Waals surface area contributed by atoms with E-state index in [4.69, 9.17) is 18.6 Å². The van der Waals surface area contributed by atoms with Crippen LogP contribution in [0.25, 0.3) is 11.0 Å². The highest BCUT2D eigenvalue weighted by atomic mass is 16.5. The van der Waals surface area contributed by atoms with E-state index in [0.717, 1.165) is 16.7 Å². The number of nitrogens with zero attached hydrogens (tertiary/aromatic N) is 1. The van der Waals surface area contributed by atoms with Gasteiger partial charge in [0.1, 0.15) is 22.8 Å². The highest BCUT2D eigenvalue weighted by Crippen LogP contribution is 2.25. The maximum Gasteiger partial charge on any atom is 0.307 e. The first kappa shape index (κ1) is 20.3. The van der Waals surface area contributed by atoms with Crippen molar-refractivity contribution < 1.29 is 23.4 Å². The Kier molecular flexibility index (Phi) is 6.73. The molecule has 0 saturated carbocycles. The number of hydrogen-bond acceptors (Lipinski definition) is 6. The second kappa shape index (κ2) is 9.64. The second-order valence-corrected chi connectivity index (χ2v) is 6.01. The lowest BCUT2D eigenvalue weighted by Crippen LogP contribution is -2.16. The van der Waals surface area contributed by atoms with Crippen molar-refractivity contribution in [3.8, 4) is 17.2 Å². The summed E-state index contributed by atoms with van der Waals surface area (Å²) in [4.78, 5) is 12.4. The van der Waals surface area contributed by atoms with Crippen LogP contribution in [-0.4, -0.2) is 31.9 Å². The first-order valence-corrected chi connectivity index (χ1v) is 9.54. The second-order valence-electron chi connectivity index (χ2n) is 6.01. The summed E-state index contributed by atoms with van der Waals surface area (Å²) in [6.07, 6.45) is 1.52. The molecule has 1 N–H and O–H groups in total. The minimum absolute atomic E-state index is 0.169. The maximum absolute atomic E-state index is 12.4. The largest absolute Gasteiger partial charge is 0.494 e. The van der Waals surface area contributed by atoms with Crippen molar-refractivity contribution >= 4 is 23.1 Å². The lowest BCUT2D eigenvalue weighted by molar-refractivity contribution is 0.0929. The number of fused-ring (bicyclic) bond motifs is 1. The van der Waals surface area contributed by atoms with Gasteiger partial charge in [-0.05, 0) is 57.2 Å². The number of hydrazone groups is 1. The van der Waals surface area contributed by atoms with Gasteiger partial charge in [0.25, 0.3) is 0 Å². The SMILES string of the molecule is CCOc1ccc(/C=N/NC(=O)c2cc3cc(OCC)ccc3o2)c(OCC)c1. The minimum Gasteiger partial charge on any atom is -0.494 e. The molecule has 7 nitrogen and oxygen atoms in total. The highest BCUT2D eigenvalue weighted by molar-refractivity contribution is 5.97. The Morgan fingerprint density at radius 3 is 2.38 bits per heavy atom. The molecule has 0 atom stereocenters. The molecule has 0 spiro atoms. The molecule has 0 saturated heterocycles. The number of carbonyl (C=O) groups is 1. The van der Waals surface area contributed by atoms with Crippen molar-refractivity contribution in [2.45, 2.75) is 20.8 Å². The summed E-state index contributed by atoms with van der Waals surface area (Å²) < 4.78 is 22.2. The van der Waals surface area contributed by atoms with Gasteiger partial charge in [-0.3, -0.25) is 4.79 Å². The molecule has 0 aliphatic heterocycles. The Bertz CT molecular complexity index is 1010. The van der Waals surface area contributed by atoms with Crippen molar-refractivity contribution in [1.82, 2.24) is 5.43 Å². The van der Waals surface area contributed by atoms with Gasteiger partial charge < -0.3 is 18.6 Å². The zero-order valence-electron chi connectivity index (χ0n) is 16.7. The molecular formula is C22H24N2O5. The summed E-state index contributed by atoms with van der Waals surface area (Å²) >= 11 is 0. The lowest BCUT2D eigenvalue weighted by atomic mass is 10.2. The van der Waals surface area contributed by atoms with E-state index in [-0.39, 0.29) is 5.76 Å². The summed E-state index contributed by atoms with van der Waals surface area (Å²) in [6, 6.07) is 12.5. The molecule has 0 fully saturated rings. The molecule has 29 heavy (non-hydrogen) atoms. The Labute approximate surface area is 169 Å². The van der Waals surface area contributed by atoms with Crippen molar-refractivity contribution in [1.29, 1.82) is 0 Å². The summed E-state index contributed by atoms with van der Waals surface area (Å²) in [6.45, 7) is 7.37. The van der Waals surface area contributed by atoms with Gasteiger partial charge in [-0.2, -0.15) is 5.10 Å². The van der Waals surface area contributed by atoms with Crippen LogP contribution in [0, 0.1) is 0 Å². The van der Waals surface area contributed by atoms with Gasteiger partial charge in [0.2, 0.25) is 0 Å². The van der Waals surface area contributed by atoms with Gasteiger partial charge in [-0.15, -0.1) is 0 Å². The molecule has 0 aliphatic rings. The average molecular weight is 396 g/mol. The number of hydrogen-bond donors (Lipinski definition) is 1. The van der Waals surface area contributed by atoms with Crippen LogP contribution in [0.4, 0.5) is 0 Å². The van der Waals surface area contributed by atoms with Crippen LogP contribution in [0.2, 0.25) is 0 Å². The Balaban J connectivity index is 1.71. The van der Waals surface area contributed by atoms with E-state index in [1.54, 1.807) is 24.3 Å². The average Bonchev–Trinajstić information content (AvgIpc) is 3.14. The summed E-state index contributed by atoms with van der Waals surface area (Å²) in [5, 5.41) is 4.81. The van der Waals surface area contributed by atoms with Crippen molar-refractivity contribution in [2.24, 2.45) is 5.10 Å². The Hall–Kier alpha value is -3.48. The number of ether oxygens (including phenoxy) is 3. The molecule has 1 heterocycles. The summed E-state index contributed by atoms with van der Waals surface area (Å²) in [5.41, 5.74) is 3.80. The van der Waals surface area contributed by atoms with Gasteiger partial charge in [-0.25, -0.2) is 5.43 Å². The molecule has 3 aromatic rings. The number of amides is 1. The van der Waals surface area contributed by atoms with E-state index in [1.807, 2.05) is 39.0 Å². The number of carbonyl (C=O) groups excluding carboxylic acids is 1. The van der Waals surface area contributed by atoms with Gasteiger partial charge in [0.05, 0.1) is 26.0 Å². The molecule has 7 heteroatoms. The third-order valence-electron chi connectivity index (χ3n) is 3.99. The molecule has 2 aromatic carbocycles. The number of rotatable bonds is 9. The molecule has 152 valence electrons. The van der Waals surface area contributed by atoms with E-state index >= 15 is 0 Å². The van der Waals surface area contributed by atoms with Crippen LogP contribution >= 0.6 is 0 Å². The monoisotopic (exact) mass is 396 g/mol. The van der Waals surface area contributed by atoms with Crippen LogP contribution in [0.1, 0.15) is 36.9 Å². The van der Waals surface area contributed by atoms with Gasteiger partial charge in [0.15, 0.2) is 5.76 Å². The lowest BCUT2D eigenvalue weighted by Gasteiger charge is -2.09. The van der Waals surface area contributed by atoms with E-state index in [1.165, 1.54) is 6.21 Å². The van der Waals surface area contributed by atoms with Crippen molar-refractivity contribution in [3.05, 3.63) is 53.8 Å². The number of nitrogens with one attached hydrogen (secondary N) is 1. The van der Waals surface area contributed by atoms with E-state index in [2.05, 4.69) is 10.5 Å². The predicted molar refractivity (Wildman–Crippen MR) is 111 cm³/mol. The molecule has 1 aromatic heterocycles. The minimum atomic E-state index is -0.445.